The highest BCUT2D eigenvalue weighted by Crippen LogP contribution is 2.15. The molecule has 4 nitrogen and oxygen atoms in total. The minimum atomic E-state index is -0.148. The van der Waals surface area contributed by atoms with Crippen LogP contribution in [-0.2, 0) is 4.79 Å². The van der Waals surface area contributed by atoms with Crippen molar-refractivity contribution in [1.29, 1.82) is 0 Å². The Bertz CT molecular complexity index is 422. The minimum absolute atomic E-state index is 0.0186. The van der Waals surface area contributed by atoms with Crippen LogP contribution in [0.4, 0.5) is 0 Å². The van der Waals surface area contributed by atoms with Gasteiger partial charge in [-0.1, -0.05) is 0 Å². The number of hydrogen-bond donors (Lipinski definition) is 1. The second-order valence-corrected chi connectivity index (χ2v) is 5.12. The zero-order valence-electron chi connectivity index (χ0n) is 9.86. The zero-order chi connectivity index (χ0) is 12.3. The standard InChI is InChI=1S/C12H16N2O2S/c1-9-4-7-17-11(9)12(16)13-8-10(15)14-5-2-3-6-14/h4,7H,2-3,5-6,8H2,1H3,(H,13,16). The van der Waals surface area contributed by atoms with Crippen LogP contribution in [0, 0.1) is 6.92 Å². The van der Waals surface area contributed by atoms with Gasteiger partial charge in [-0.15, -0.1) is 11.3 Å². The molecule has 2 rings (SSSR count). The van der Waals surface area contributed by atoms with E-state index in [1.807, 2.05) is 23.3 Å². The molecule has 1 aliphatic rings. The van der Waals surface area contributed by atoms with Crippen LogP contribution >= 0.6 is 11.3 Å². The maximum Gasteiger partial charge on any atom is 0.262 e. The number of rotatable bonds is 3. The predicted molar refractivity (Wildman–Crippen MR) is 67.2 cm³/mol. The highest BCUT2D eigenvalue weighted by molar-refractivity contribution is 7.12. The van der Waals surface area contributed by atoms with Crippen LogP contribution in [0.1, 0.15) is 28.1 Å². The zero-order valence-corrected chi connectivity index (χ0v) is 10.7. The van der Waals surface area contributed by atoms with E-state index in [1.54, 1.807) is 0 Å². The average molecular weight is 252 g/mol. The maximum absolute atomic E-state index is 11.8. The van der Waals surface area contributed by atoms with Gasteiger partial charge in [0, 0.05) is 13.1 Å². The first kappa shape index (κ1) is 12.1. The molecule has 1 fully saturated rings. The highest BCUT2D eigenvalue weighted by Gasteiger charge is 2.19. The van der Waals surface area contributed by atoms with Crippen molar-refractivity contribution in [3.8, 4) is 0 Å². The first-order chi connectivity index (χ1) is 8.18. The van der Waals surface area contributed by atoms with Gasteiger partial charge in [-0.3, -0.25) is 9.59 Å². The smallest absolute Gasteiger partial charge is 0.262 e. The van der Waals surface area contributed by atoms with Crippen molar-refractivity contribution in [2.24, 2.45) is 0 Å². The largest absolute Gasteiger partial charge is 0.342 e. The molecule has 5 heteroatoms. The van der Waals surface area contributed by atoms with Crippen LogP contribution in [-0.4, -0.2) is 36.3 Å². The van der Waals surface area contributed by atoms with E-state index in [4.69, 9.17) is 0 Å². The van der Waals surface area contributed by atoms with E-state index < -0.39 is 0 Å². The van der Waals surface area contributed by atoms with Gasteiger partial charge in [0.1, 0.15) is 0 Å². The Morgan fingerprint density at radius 1 is 1.41 bits per heavy atom. The van der Waals surface area contributed by atoms with Crippen molar-refractivity contribution >= 4 is 23.2 Å². The normalized spacial score (nSPS) is 15.0. The molecule has 1 aliphatic heterocycles. The fourth-order valence-corrected chi connectivity index (χ4v) is 2.76. The van der Waals surface area contributed by atoms with E-state index in [9.17, 15) is 9.59 Å². The van der Waals surface area contributed by atoms with E-state index in [1.165, 1.54) is 11.3 Å². The van der Waals surface area contributed by atoms with Gasteiger partial charge in [0.25, 0.3) is 5.91 Å². The van der Waals surface area contributed by atoms with Crippen LogP contribution in [0.2, 0.25) is 0 Å². The third kappa shape index (κ3) is 2.85. The van der Waals surface area contributed by atoms with E-state index in [0.717, 1.165) is 31.5 Å². The SMILES string of the molecule is Cc1ccsc1C(=O)NCC(=O)N1CCCC1. The number of carbonyl (C=O) groups is 2. The molecule has 0 aromatic carbocycles. The number of thiophene rings is 1. The number of nitrogens with zero attached hydrogens (tertiary/aromatic N) is 1. The Balaban J connectivity index is 1.84. The molecule has 1 N–H and O–H groups in total. The van der Waals surface area contributed by atoms with Crippen molar-refractivity contribution in [3.63, 3.8) is 0 Å². The highest BCUT2D eigenvalue weighted by atomic mass is 32.1. The summed E-state index contributed by atoms with van der Waals surface area (Å²) in [5.74, 6) is -0.130. The molecule has 17 heavy (non-hydrogen) atoms. The summed E-state index contributed by atoms with van der Waals surface area (Å²) in [6.45, 7) is 3.66. The maximum atomic E-state index is 11.8. The van der Waals surface area contributed by atoms with Gasteiger partial charge in [-0.25, -0.2) is 0 Å². The lowest BCUT2D eigenvalue weighted by Gasteiger charge is -2.15. The number of amides is 2. The molecule has 0 saturated carbocycles. The topological polar surface area (TPSA) is 49.4 Å². The number of aryl methyl sites for hydroxylation is 1. The van der Waals surface area contributed by atoms with E-state index >= 15 is 0 Å². The van der Waals surface area contributed by atoms with Crippen LogP contribution in [0.5, 0.6) is 0 Å². The third-order valence-corrected chi connectivity index (χ3v) is 3.94. The van der Waals surface area contributed by atoms with Gasteiger partial charge in [0.15, 0.2) is 0 Å². The summed E-state index contributed by atoms with van der Waals surface area (Å²) in [6.07, 6.45) is 2.15. The van der Waals surface area contributed by atoms with Crippen LogP contribution < -0.4 is 5.32 Å². The lowest BCUT2D eigenvalue weighted by molar-refractivity contribution is -0.129. The summed E-state index contributed by atoms with van der Waals surface area (Å²) in [5, 5.41) is 4.56. The number of hydrogen-bond acceptors (Lipinski definition) is 3. The summed E-state index contributed by atoms with van der Waals surface area (Å²) in [5.41, 5.74) is 0.959. The molecule has 0 atom stereocenters. The summed E-state index contributed by atoms with van der Waals surface area (Å²) in [6, 6.07) is 1.90. The summed E-state index contributed by atoms with van der Waals surface area (Å²) in [4.78, 5) is 26.0. The molecule has 92 valence electrons. The van der Waals surface area contributed by atoms with E-state index in [2.05, 4.69) is 5.32 Å². The molecule has 0 bridgehead atoms. The molecular formula is C12H16N2O2S. The van der Waals surface area contributed by atoms with Crippen molar-refractivity contribution in [3.05, 3.63) is 21.9 Å². The molecule has 0 aliphatic carbocycles. The molecule has 0 radical (unpaired) electrons. The number of carbonyl (C=O) groups excluding carboxylic acids is 2. The van der Waals surface area contributed by atoms with Gasteiger partial charge < -0.3 is 10.2 Å². The molecule has 1 saturated heterocycles. The molecular weight excluding hydrogens is 236 g/mol. The third-order valence-electron chi connectivity index (χ3n) is 2.93. The van der Waals surface area contributed by atoms with E-state index in [0.29, 0.717) is 4.88 Å². The monoisotopic (exact) mass is 252 g/mol. The van der Waals surface area contributed by atoms with Crippen molar-refractivity contribution in [1.82, 2.24) is 10.2 Å². The van der Waals surface area contributed by atoms with E-state index in [-0.39, 0.29) is 18.4 Å². The summed E-state index contributed by atoms with van der Waals surface area (Å²) in [7, 11) is 0. The van der Waals surface area contributed by atoms with Crippen molar-refractivity contribution < 1.29 is 9.59 Å². The van der Waals surface area contributed by atoms with Gasteiger partial charge in [0.2, 0.25) is 5.91 Å². The molecule has 2 heterocycles. The molecule has 0 spiro atoms. The second-order valence-electron chi connectivity index (χ2n) is 4.20. The van der Waals surface area contributed by atoms with Gasteiger partial charge >= 0.3 is 0 Å². The number of likely N-dealkylation sites (tertiary alicyclic amines) is 1. The lowest BCUT2D eigenvalue weighted by Crippen LogP contribution is -2.38. The van der Waals surface area contributed by atoms with Crippen LogP contribution in [0.25, 0.3) is 0 Å². The quantitative estimate of drug-likeness (QED) is 0.884. The molecule has 1 aromatic heterocycles. The fourth-order valence-electron chi connectivity index (χ4n) is 1.92. The first-order valence-electron chi connectivity index (χ1n) is 5.78. The number of nitrogens with one attached hydrogen (secondary N) is 1. The first-order valence-corrected chi connectivity index (χ1v) is 6.66. The second kappa shape index (κ2) is 5.31. The minimum Gasteiger partial charge on any atom is -0.342 e. The molecule has 0 unspecified atom stereocenters. The fraction of sp³-hybridized carbons (Fsp3) is 0.500. The van der Waals surface area contributed by atoms with Crippen molar-refractivity contribution in [2.45, 2.75) is 19.8 Å². The van der Waals surface area contributed by atoms with Crippen LogP contribution in [0.3, 0.4) is 0 Å². The Morgan fingerprint density at radius 2 is 2.12 bits per heavy atom. The Kier molecular flexibility index (Phi) is 3.78. The Hall–Kier alpha value is -1.36. The Morgan fingerprint density at radius 3 is 2.71 bits per heavy atom. The van der Waals surface area contributed by atoms with Gasteiger partial charge in [0.05, 0.1) is 11.4 Å². The van der Waals surface area contributed by atoms with Crippen LogP contribution in [0.15, 0.2) is 11.4 Å². The molecule has 2 amide bonds. The lowest BCUT2D eigenvalue weighted by atomic mass is 10.3. The molecule has 1 aromatic rings. The summed E-state index contributed by atoms with van der Waals surface area (Å²) >= 11 is 1.40. The van der Waals surface area contributed by atoms with Crippen molar-refractivity contribution in [2.75, 3.05) is 19.6 Å². The van der Waals surface area contributed by atoms with Gasteiger partial charge in [-0.05, 0) is 36.8 Å². The Labute approximate surface area is 105 Å². The predicted octanol–water partition coefficient (Wildman–Crippen LogP) is 1.41. The summed E-state index contributed by atoms with van der Waals surface area (Å²) < 4.78 is 0. The average Bonchev–Trinajstić information content (AvgIpc) is 2.95. The van der Waals surface area contributed by atoms with Gasteiger partial charge in [-0.2, -0.15) is 0 Å².